The largest absolute Gasteiger partial charge is 0.384 e. The number of ether oxygens (including phenoxy) is 2. The summed E-state index contributed by atoms with van der Waals surface area (Å²) < 4.78 is 11.7. The Kier molecular flexibility index (Phi) is 5.92. The zero-order valence-electron chi connectivity index (χ0n) is 14.2. The highest BCUT2D eigenvalue weighted by Gasteiger charge is 2.26. The Morgan fingerprint density at radius 2 is 1.96 bits per heavy atom. The zero-order chi connectivity index (χ0) is 17.9. The van der Waals surface area contributed by atoms with E-state index in [0.29, 0.717) is 13.1 Å². The van der Waals surface area contributed by atoms with E-state index in [1.807, 2.05) is 18.7 Å². The summed E-state index contributed by atoms with van der Waals surface area (Å²) in [7, 11) is 1.49. The fourth-order valence-electron chi connectivity index (χ4n) is 2.96. The molecule has 9 nitrogen and oxygen atoms in total. The number of hydrogen-bond donors (Lipinski definition) is 2. The predicted molar refractivity (Wildman–Crippen MR) is 88.4 cm³/mol. The molecule has 2 atom stereocenters. The number of morpholine rings is 1. The molecule has 0 saturated carbocycles. The molecule has 0 unspecified atom stereocenters. The average molecular weight is 340 g/mol. The van der Waals surface area contributed by atoms with Gasteiger partial charge in [-0.05, 0) is 13.8 Å². The number of aromatic amines is 1. The van der Waals surface area contributed by atoms with Crippen molar-refractivity contribution >= 4 is 11.6 Å². The maximum atomic E-state index is 12.6. The fourth-order valence-corrected chi connectivity index (χ4v) is 2.96. The van der Waals surface area contributed by atoms with E-state index in [-0.39, 0.29) is 43.3 Å². The highest BCUT2D eigenvalue weighted by molar-refractivity contribution is 6.01. The second-order valence-corrected chi connectivity index (χ2v) is 6.04. The molecule has 1 aromatic heterocycles. The number of nitrogens with two attached hydrogens (primary N) is 1. The maximum Gasteiger partial charge on any atom is 0.330 e. The molecule has 2 rings (SSSR count). The summed E-state index contributed by atoms with van der Waals surface area (Å²) in [6.07, 6.45) is 0.0145. The van der Waals surface area contributed by atoms with E-state index < -0.39 is 17.0 Å². The molecule has 134 valence electrons. The van der Waals surface area contributed by atoms with E-state index in [9.17, 15) is 14.4 Å². The lowest BCUT2D eigenvalue weighted by Gasteiger charge is -2.34. The Morgan fingerprint density at radius 3 is 2.54 bits per heavy atom. The normalized spacial score (nSPS) is 21.8. The molecule has 0 amide bonds. The van der Waals surface area contributed by atoms with Crippen molar-refractivity contribution in [3.63, 3.8) is 0 Å². The van der Waals surface area contributed by atoms with Crippen LogP contribution in [0.25, 0.3) is 0 Å². The number of carbonyl (C=O) groups is 1. The number of aromatic nitrogens is 2. The molecule has 1 aliphatic heterocycles. The average Bonchev–Trinajstić information content (AvgIpc) is 2.45. The summed E-state index contributed by atoms with van der Waals surface area (Å²) in [6.45, 7) is 5.49. The van der Waals surface area contributed by atoms with Gasteiger partial charge in [0.25, 0.3) is 5.56 Å². The van der Waals surface area contributed by atoms with Crippen molar-refractivity contribution in [2.75, 3.05) is 39.1 Å². The van der Waals surface area contributed by atoms with Crippen LogP contribution >= 0.6 is 0 Å². The monoisotopic (exact) mass is 340 g/mol. The number of H-pyrrole nitrogens is 1. The topological polar surface area (TPSA) is 120 Å². The van der Waals surface area contributed by atoms with Gasteiger partial charge in [-0.2, -0.15) is 0 Å². The standard InChI is InChI=1S/C15H24N4O5/c1-9-6-18(7-10(2)24-9)8-11(20)12-13(16)19(4-5-23-3)15(22)17-14(12)21/h9-10H,4-8,16H2,1-3H3,(H,17,21,22)/t9-,10+. The number of ketones is 1. The summed E-state index contributed by atoms with van der Waals surface area (Å²) in [5, 5.41) is 0. The molecule has 1 aliphatic rings. The minimum atomic E-state index is -0.759. The molecular weight excluding hydrogens is 316 g/mol. The Bertz CT molecular complexity index is 701. The number of hydrogen-bond acceptors (Lipinski definition) is 7. The molecule has 1 saturated heterocycles. The maximum absolute atomic E-state index is 12.6. The number of carbonyl (C=O) groups excluding carboxylic acids is 1. The molecule has 24 heavy (non-hydrogen) atoms. The zero-order valence-corrected chi connectivity index (χ0v) is 14.2. The van der Waals surface area contributed by atoms with Crippen LogP contribution in [0.5, 0.6) is 0 Å². The smallest absolute Gasteiger partial charge is 0.330 e. The van der Waals surface area contributed by atoms with Crippen LogP contribution in [-0.4, -0.2) is 65.8 Å². The lowest BCUT2D eigenvalue weighted by atomic mass is 10.1. The van der Waals surface area contributed by atoms with Gasteiger partial charge in [0.05, 0.1) is 31.9 Å². The molecule has 0 spiro atoms. The van der Waals surface area contributed by atoms with Crippen LogP contribution in [0.4, 0.5) is 5.82 Å². The van der Waals surface area contributed by atoms with Gasteiger partial charge in [-0.25, -0.2) is 4.79 Å². The highest BCUT2D eigenvalue weighted by atomic mass is 16.5. The van der Waals surface area contributed by atoms with Crippen molar-refractivity contribution in [1.82, 2.24) is 14.5 Å². The molecule has 9 heteroatoms. The molecule has 0 bridgehead atoms. The molecule has 2 heterocycles. The van der Waals surface area contributed by atoms with Gasteiger partial charge in [0.1, 0.15) is 11.4 Å². The molecular formula is C15H24N4O5. The number of rotatable bonds is 6. The lowest BCUT2D eigenvalue weighted by Crippen LogP contribution is -2.48. The first-order valence-electron chi connectivity index (χ1n) is 7.86. The van der Waals surface area contributed by atoms with E-state index in [1.165, 1.54) is 7.11 Å². The summed E-state index contributed by atoms with van der Waals surface area (Å²) in [6, 6.07) is 0. The van der Waals surface area contributed by atoms with Gasteiger partial charge in [-0.1, -0.05) is 0 Å². The summed E-state index contributed by atoms with van der Waals surface area (Å²) in [5.41, 5.74) is 4.32. The van der Waals surface area contributed by atoms with Crippen LogP contribution in [0.15, 0.2) is 9.59 Å². The number of nitrogens with zero attached hydrogens (tertiary/aromatic N) is 2. The number of methoxy groups -OCH3 is 1. The third-order valence-corrected chi connectivity index (χ3v) is 3.90. The summed E-state index contributed by atoms with van der Waals surface area (Å²) in [5.74, 6) is -0.540. The Morgan fingerprint density at radius 1 is 1.33 bits per heavy atom. The molecule has 1 aromatic rings. The number of nitrogens with one attached hydrogen (secondary N) is 1. The van der Waals surface area contributed by atoms with Crippen molar-refractivity contribution in [2.45, 2.75) is 32.6 Å². The molecule has 0 aliphatic carbocycles. The van der Waals surface area contributed by atoms with Gasteiger partial charge in [0.15, 0.2) is 5.78 Å². The van der Waals surface area contributed by atoms with Crippen LogP contribution in [0.3, 0.4) is 0 Å². The second-order valence-electron chi connectivity index (χ2n) is 6.04. The van der Waals surface area contributed by atoms with Crippen LogP contribution in [-0.2, 0) is 16.0 Å². The molecule has 0 radical (unpaired) electrons. The van der Waals surface area contributed by atoms with E-state index in [1.54, 1.807) is 0 Å². The SMILES string of the molecule is COCCn1c(N)c(C(=O)CN2C[C@@H](C)O[C@@H](C)C2)c(=O)[nH]c1=O. The van der Waals surface area contributed by atoms with Crippen molar-refractivity contribution < 1.29 is 14.3 Å². The fraction of sp³-hybridized carbons (Fsp3) is 0.667. The van der Waals surface area contributed by atoms with E-state index in [2.05, 4.69) is 4.98 Å². The Labute approximate surface area is 139 Å². The van der Waals surface area contributed by atoms with Gasteiger partial charge in [-0.15, -0.1) is 0 Å². The van der Waals surface area contributed by atoms with E-state index >= 15 is 0 Å². The summed E-state index contributed by atoms with van der Waals surface area (Å²) in [4.78, 5) is 40.5. The van der Waals surface area contributed by atoms with Gasteiger partial charge >= 0.3 is 5.69 Å². The summed E-state index contributed by atoms with van der Waals surface area (Å²) >= 11 is 0. The van der Waals surface area contributed by atoms with Crippen molar-refractivity contribution in [1.29, 1.82) is 0 Å². The minimum absolute atomic E-state index is 0.00726. The van der Waals surface area contributed by atoms with Crippen molar-refractivity contribution in [2.24, 2.45) is 0 Å². The first-order valence-corrected chi connectivity index (χ1v) is 7.86. The predicted octanol–water partition coefficient (Wildman–Crippen LogP) is -0.943. The van der Waals surface area contributed by atoms with Gasteiger partial charge < -0.3 is 15.2 Å². The Balaban J connectivity index is 2.25. The van der Waals surface area contributed by atoms with Crippen molar-refractivity contribution in [3.05, 3.63) is 26.4 Å². The van der Waals surface area contributed by atoms with E-state index in [4.69, 9.17) is 15.2 Å². The van der Waals surface area contributed by atoms with Gasteiger partial charge in [-0.3, -0.25) is 24.0 Å². The first-order chi connectivity index (χ1) is 11.3. The Hall–Kier alpha value is -1.97. The third-order valence-electron chi connectivity index (χ3n) is 3.90. The molecule has 0 aromatic carbocycles. The molecule has 3 N–H and O–H groups in total. The first kappa shape index (κ1) is 18.4. The quantitative estimate of drug-likeness (QED) is 0.641. The minimum Gasteiger partial charge on any atom is -0.384 e. The highest BCUT2D eigenvalue weighted by Crippen LogP contribution is 2.12. The van der Waals surface area contributed by atoms with Crippen LogP contribution in [0.1, 0.15) is 24.2 Å². The van der Waals surface area contributed by atoms with Crippen LogP contribution in [0.2, 0.25) is 0 Å². The molecule has 1 fully saturated rings. The second kappa shape index (κ2) is 7.73. The van der Waals surface area contributed by atoms with E-state index in [0.717, 1.165) is 4.57 Å². The lowest BCUT2D eigenvalue weighted by molar-refractivity contribution is -0.0652. The van der Waals surface area contributed by atoms with Crippen LogP contribution < -0.4 is 17.0 Å². The van der Waals surface area contributed by atoms with Crippen LogP contribution in [0, 0.1) is 0 Å². The number of Topliss-reactive ketones (excluding diaryl/α,β-unsaturated/α-hetero) is 1. The third kappa shape index (κ3) is 4.11. The van der Waals surface area contributed by atoms with Crippen molar-refractivity contribution in [3.8, 4) is 0 Å². The number of nitrogen functional groups attached to an aromatic ring is 1. The number of anilines is 1. The van der Waals surface area contributed by atoms with Gasteiger partial charge in [0.2, 0.25) is 0 Å². The van der Waals surface area contributed by atoms with Gasteiger partial charge in [0, 0.05) is 20.2 Å².